The molecule has 0 atom stereocenters. The minimum absolute atomic E-state index is 0.185. The van der Waals surface area contributed by atoms with Gasteiger partial charge < -0.3 is 20.3 Å². The zero-order valence-electron chi connectivity index (χ0n) is 11.3. The van der Waals surface area contributed by atoms with Gasteiger partial charge in [0.05, 0.1) is 12.1 Å². The Balaban J connectivity index is 2.46. The first-order valence-electron chi connectivity index (χ1n) is 6.02. The van der Waals surface area contributed by atoms with Crippen molar-refractivity contribution in [1.29, 1.82) is 0 Å². The Morgan fingerprint density at radius 1 is 1.37 bits per heavy atom. The minimum Gasteiger partial charge on any atom is -0.507 e. The average molecular weight is 262 g/mol. The Labute approximate surface area is 111 Å². The van der Waals surface area contributed by atoms with E-state index in [1.165, 1.54) is 0 Å². The number of rotatable bonds is 4. The highest BCUT2D eigenvalue weighted by molar-refractivity contribution is 5.67. The third kappa shape index (κ3) is 2.74. The summed E-state index contributed by atoms with van der Waals surface area (Å²) in [5.74, 6) is 0.903. The van der Waals surface area contributed by atoms with Crippen LogP contribution in [0.5, 0.6) is 5.75 Å². The third-order valence-corrected chi connectivity index (χ3v) is 2.87. The zero-order chi connectivity index (χ0) is 14.0. The van der Waals surface area contributed by atoms with E-state index in [4.69, 9.17) is 10.3 Å². The Hall–Kier alpha value is -1.92. The van der Waals surface area contributed by atoms with Gasteiger partial charge in [0.1, 0.15) is 5.75 Å². The quantitative estimate of drug-likeness (QED) is 0.862. The monoisotopic (exact) mass is 262 g/mol. The van der Waals surface area contributed by atoms with Gasteiger partial charge in [-0.2, -0.15) is 4.98 Å². The van der Waals surface area contributed by atoms with Crippen molar-refractivity contribution in [3.63, 3.8) is 0 Å². The van der Waals surface area contributed by atoms with Crippen LogP contribution < -0.4 is 5.73 Å². The van der Waals surface area contributed by atoms with Gasteiger partial charge in [-0.05, 0) is 32.6 Å². The second kappa shape index (κ2) is 5.38. The molecule has 0 bridgehead atoms. The van der Waals surface area contributed by atoms with Crippen LogP contribution in [0.2, 0.25) is 0 Å². The largest absolute Gasteiger partial charge is 0.507 e. The number of phenolic OH excluding ortho intramolecular Hbond substituents is 1. The first kappa shape index (κ1) is 13.5. The topological polar surface area (TPSA) is 88.4 Å². The van der Waals surface area contributed by atoms with E-state index in [0.717, 1.165) is 11.1 Å². The van der Waals surface area contributed by atoms with Crippen LogP contribution in [0, 0.1) is 6.92 Å². The van der Waals surface area contributed by atoms with Crippen molar-refractivity contribution in [3.05, 3.63) is 29.2 Å². The van der Waals surface area contributed by atoms with Gasteiger partial charge in [0.2, 0.25) is 11.7 Å². The first-order valence-corrected chi connectivity index (χ1v) is 6.02. The molecule has 1 aromatic carbocycles. The summed E-state index contributed by atoms with van der Waals surface area (Å²) >= 11 is 0. The maximum Gasteiger partial charge on any atom is 0.240 e. The number of nitrogens with two attached hydrogens (primary N) is 1. The lowest BCUT2D eigenvalue weighted by molar-refractivity contribution is 0.378. The second-order valence-corrected chi connectivity index (χ2v) is 4.71. The van der Waals surface area contributed by atoms with Crippen molar-refractivity contribution < 1.29 is 9.63 Å². The van der Waals surface area contributed by atoms with Gasteiger partial charge in [-0.1, -0.05) is 11.2 Å². The van der Waals surface area contributed by atoms with Gasteiger partial charge in [-0.3, -0.25) is 0 Å². The zero-order valence-corrected chi connectivity index (χ0v) is 11.3. The van der Waals surface area contributed by atoms with E-state index in [-0.39, 0.29) is 12.3 Å². The number of hydrogen-bond acceptors (Lipinski definition) is 6. The van der Waals surface area contributed by atoms with Gasteiger partial charge in [0.25, 0.3) is 0 Å². The Morgan fingerprint density at radius 2 is 2.11 bits per heavy atom. The number of nitrogens with zero attached hydrogens (tertiary/aromatic N) is 3. The van der Waals surface area contributed by atoms with Crippen molar-refractivity contribution in [3.8, 4) is 17.1 Å². The third-order valence-electron chi connectivity index (χ3n) is 2.87. The van der Waals surface area contributed by atoms with E-state index in [0.29, 0.717) is 23.8 Å². The lowest BCUT2D eigenvalue weighted by Crippen LogP contribution is -2.12. The van der Waals surface area contributed by atoms with Crippen molar-refractivity contribution in [2.75, 3.05) is 14.1 Å². The highest BCUT2D eigenvalue weighted by Gasteiger charge is 2.16. The summed E-state index contributed by atoms with van der Waals surface area (Å²) in [4.78, 5) is 6.13. The molecule has 0 spiro atoms. The van der Waals surface area contributed by atoms with Crippen LogP contribution in [0.15, 0.2) is 16.7 Å². The minimum atomic E-state index is 0.185. The molecule has 6 heteroatoms. The molecule has 102 valence electrons. The molecular weight excluding hydrogens is 244 g/mol. The summed E-state index contributed by atoms with van der Waals surface area (Å²) in [6, 6.07) is 3.72. The van der Waals surface area contributed by atoms with Crippen LogP contribution in [-0.4, -0.2) is 34.2 Å². The Morgan fingerprint density at radius 3 is 2.68 bits per heavy atom. The lowest BCUT2D eigenvalue weighted by Gasteiger charge is -2.15. The van der Waals surface area contributed by atoms with E-state index in [2.05, 4.69) is 10.1 Å². The second-order valence-electron chi connectivity index (χ2n) is 4.71. The maximum atomic E-state index is 10.4. The van der Waals surface area contributed by atoms with Gasteiger partial charge >= 0.3 is 0 Å². The molecule has 2 aromatic rings. The maximum absolute atomic E-state index is 10.4. The number of aryl methyl sites for hydroxylation is 1. The molecule has 19 heavy (non-hydrogen) atoms. The van der Waals surface area contributed by atoms with E-state index in [1.54, 1.807) is 6.07 Å². The van der Waals surface area contributed by atoms with Crippen molar-refractivity contribution in [2.24, 2.45) is 5.73 Å². The molecule has 0 saturated heterocycles. The molecule has 0 saturated carbocycles. The Bertz CT molecular complexity index is 578. The number of aromatic nitrogens is 2. The average Bonchev–Trinajstić information content (AvgIpc) is 2.83. The van der Waals surface area contributed by atoms with Crippen LogP contribution in [0.25, 0.3) is 11.4 Å². The SMILES string of the molecule is Cc1ccc(-c2noc(CN)n2)c(O)c1CN(C)C. The lowest BCUT2D eigenvalue weighted by atomic mass is 10.0. The van der Waals surface area contributed by atoms with Crippen LogP contribution in [-0.2, 0) is 13.1 Å². The van der Waals surface area contributed by atoms with E-state index in [9.17, 15) is 5.11 Å². The number of phenols is 1. The van der Waals surface area contributed by atoms with E-state index in [1.807, 2.05) is 32.0 Å². The van der Waals surface area contributed by atoms with Crippen LogP contribution in [0.1, 0.15) is 17.0 Å². The highest BCUT2D eigenvalue weighted by atomic mass is 16.5. The standard InChI is InChI=1S/C13H18N4O2/c1-8-4-5-9(12(18)10(8)7-17(2)3)13-15-11(6-14)19-16-13/h4-5,18H,6-7,14H2,1-3H3. The molecule has 1 aromatic heterocycles. The molecule has 2 rings (SSSR count). The van der Waals surface area contributed by atoms with Crippen LogP contribution in [0.4, 0.5) is 0 Å². The van der Waals surface area contributed by atoms with Crippen molar-refractivity contribution >= 4 is 0 Å². The summed E-state index contributed by atoms with van der Waals surface area (Å²) in [6.07, 6.45) is 0. The fraction of sp³-hybridized carbons (Fsp3) is 0.385. The summed E-state index contributed by atoms with van der Waals surface area (Å²) in [6.45, 7) is 2.79. The molecule has 0 aliphatic heterocycles. The van der Waals surface area contributed by atoms with Crippen LogP contribution >= 0.6 is 0 Å². The van der Waals surface area contributed by atoms with Crippen molar-refractivity contribution in [1.82, 2.24) is 15.0 Å². The molecule has 0 radical (unpaired) electrons. The highest BCUT2D eigenvalue weighted by Crippen LogP contribution is 2.33. The predicted octanol–water partition coefficient (Wildman–Crippen LogP) is 1.27. The smallest absolute Gasteiger partial charge is 0.240 e. The molecule has 0 unspecified atom stereocenters. The molecular formula is C13H18N4O2. The van der Waals surface area contributed by atoms with Crippen LogP contribution in [0.3, 0.4) is 0 Å². The summed E-state index contributed by atoms with van der Waals surface area (Å²) in [5.41, 5.74) is 7.88. The molecule has 0 aliphatic rings. The molecule has 6 nitrogen and oxygen atoms in total. The van der Waals surface area contributed by atoms with Gasteiger partial charge in [-0.25, -0.2) is 0 Å². The molecule has 3 N–H and O–H groups in total. The number of hydrogen-bond donors (Lipinski definition) is 2. The van der Waals surface area contributed by atoms with E-state index >= 15 is 0 Å². The van der Waals surface area contributed by atoms with Gasteiger partial charge in [-0.15, -0.1) is 0 Å². The molecule has 0 fully saturated rings. The first-order chi connectivity index (χ1) is 9.02. The van der Waals surface area contributed by atoms with Crippen molar-refractivity contribution in [2.45, 2.75) is 20.0 Å². The fourth-order valence-electron chi connectivity index (χ4n) is 1.88. The summed E-state index contributed by atoms with van der Waals surface area (Å²) in [7, 11) is 3.90. The van der Waals surface area contributed by atoms with Gasteiger partial charge in [0.15, 0.2) is 0 Å². The summed E-state index contributed by atoms with van der Waals surface area (Å²) < 4.78 is 4.97. The Kier molecular flexibility index (Phi) is 3.82. The molecule has 0 amide bonds. The fourth-order valence-corrected chi connectivity index (χ4v) is 1.88. The molecule has 1 heterocycles. The number of aromatic hydroxyl groups is 1. The van der Waals surface area contributed by atoms with Gasteiger partial charge in [0, 0.05) is 12.1 Å². The number of benzene rings is 1. The van der Waals surface area contributed by atoms with E-state index < -0.39 is 0 Å². The summed E-state index contributed by atoms with van der Waals surface area (Å²) in [5, 5.41) is 14.2. The predicted molar refractivity (Wildman–Crippen MR) is 71.4 cm³/mol. The molecule has 0 aliphatic carbocycles. The normalized spacial score (nSPS) is 11.2.